The summed E-state index contributed by atoms with van der Waals surface area (Å²) in [6.45, 7) is 2.37. The molecule has 2 aromatic rings. The van der Waals surface area contributed by atoms with Gasteiger partial charge < -0.3 is 15.2 Å². The number of piperidine rings is 1. The highest BCUT2D eigenvalue weighted by molar-refractivity contribution is 6.00. The Bertz CT molecular complexity index is 1090. The van der Waals surface area contributed by atoms with Crippen LogP contribution in [0.5, 0.6) is 0 Å². The third-order valence-electron chi connectivity index (χ3n) is 7.52. The average Bonchev–Trinajstić information content (AvgIpc) is 3.57. The lowest BCUT2D eigenvalue weighted by molar-refractivity contribution is 0.0634. The number of amides is 1. The predicted molar refractivity (Wildman–Crippen MR) is 115 cm³/mol. The summed E-state index contributed by atoms with van der Waals surface area (Å²) in [5, 5.41) is 3.46. The summed E-state index contributed by atoms with van der Waals surface area (Å²) in [6, 6.07) is 6.09. The van der Waals surface area contributed by atoms with E-state index in [1.54, 1.807) is 0 Å². The maximum atomic E-state index is 13.6. The monoisotopic (exact) mass is 404 g/mol. The number of carbonyl (C=O) groups is 1. The Kier molecular flexibility index (Phi) is 4.05. The van der Waals surface area contributed by atoms with E-state index in [0.29, 0.717) is 12.5 Å². The minimum Gasteiger partial charge on any atom is -0.384 e. The molecular weight excluding hydrogens is 376 g/mol. The number of para-hydroxylation sites is 1. The van der Waals surface area contributed by atoms with Crippen molar-refractivity contribution in [2.45, 2.75) is 62.7 Å². The van der Waals surface area contributed by atoms with Crippen molar-refractivity contribution in [2.75, 3.05) is 25.0 Å². The number of nitrogens with zero attached hydrogens (tertiary/aromatic N) is 2. The van der Waals surface area contributed by atoms with Crippen molar-refractivity contribution in [2.24, 2.45) is 0 Å². The van der Waals surface area contributed by atoms with Crippen molar-refractivity contribution in [3.8, 4) is 0 Å². The van der Waals surface area contributed by atoms with E-state index < -0.39 is 0 Å². The van der Waals surface area contributed by atoms with Gasteiger partial charge in [-0.1, -0.05) is 12.1 Å². The standard InChI is InChI=1S/C24H28N4O2/c29-22-18-9-11-24(20(18)26-21(27-22)16-7-8-16)10-3-13-28(14-24)23(30)17-6-1-4-15-5-2-12-25-19(15)17/h1,4,6,16,25H,2-3,5,7-14H2,(H,26,27,29). The summed E-state index contributed by atoms with van der Waals surface area (Å²) in [5.74, 6) is 1.40. The van der Waals surface area contributed by atoms with Gasteiger partial charge in [0.25, 0.3) is 11.5 Å². The van der Waals surface area contributed by atoms with Gasteiger partial charge in [0.2, 0.25) is 0 Å². The Labute approximate surface area is 176 Å². The number of likely N-dealkylation sites (tertiary alicyclic amines) is 1. The van der Waals surface area contributed by atoms with Crippen LogP contribution in [0.15, 0.2) is 23.0 Å². The molecule has 0 bridgehead atoms. The number of hydrogen-bond acceptors (Lipinski definition) is 4. The van der Waals surface area contributed by atoms with E-state index in [1.165, 1.54) is 5.56 Å². The number of rotatable bonds is 2. The smallest absolute Gasteiger partial charge is 0.255 e. The lowest BCUT2D eigenvalue weighted by atomic mass is 9.77. The van der Waals surface area contributed by atoms with Crippen LogP contribution in [0, 0.1) is 0 Å². The third kappa shape index (κ3) is 2.80. The number of aromatic amines is 1. The Morgan fingerprint density at radius 2 is 2.07 bits per heavy atom. The Balaban J connectivity index is 1.34. The highest BCUT2D eigenvalue weighted by atomic mass is 16.2. The highest BCUT2D eigenvalue weighted by Gasteiger charge is 2.46. The second-order valence-corrected chi connectivity index (χ2v) is 9.53. The molecule has 1 saturated heterocycles. The number of H-pyrrole nitrogens is 1. The number of hydrogen-bond donors (Lipinski definition) is 2. The van der Waals surface area contributed by atoms with Crippen LogP contribution < -0.4 is 10.9 Å². The van der Waals surface area contributed by atoms with E-state index in [4.69, 9.17) is 4.98 Å². The Morgan fingerprint density at radius 3 is 2.93 bits per heavy atom. The SMILES string of the molecule is O=C(c1cccc2c1NCCC2)N1CCCC2(CCc3c2nc(C2CC2)[nH]c3=O)C1. The number of aromatic nitrogens is 2. The quantitative estimate of drug-likeness (QED) is 0.806. The normalized spacial score (nSPS) is 25.0. The molecule has 2 N–H and O–H groups in total. The predicted octanol–water partition coefficient (Wildman–Crippen LogP) is 3.13. The van der Waals surface area contributed by atoms with Gasteiger partial charge >= 0.3 is 0 Å². The molecule has 6 heteroatoms. The van der Waals surface area contributed by atoms with Crippen molar-refractivity contribution in [1.29, 1.82) is 0 Å². The molecule has 4 aliphatic rings. The Morgan fingerprint density at radius 1 is 1.17 bits per heavy atom. The van der Waals surface area contributed by atoms with Gasteiger partial charge in [0, 0.05) is 36.5 Å². The molecule has 1 aromatic heterocycles. The van der Waals surface area contributed by atoms with Crippen LogP contribution in [0.1, 0.15) is 77.4 Å². The molecule has 30 heavy (non-hydrogen) atoms. The zero-order valence-corrected chi connectivity index (χ0v) is 17.3. The summed E-state index contributed by atoms with van der Waals surface area (Å²) in [4.78, 5) is 36.3. The molecule has 1 spiro atoms. The maximum absolute atomic E-state index is 13.6. The number of nitrogens with one attached hydrogen (secondary N) is 2. The molecule has 6 rings (SSSR count). The van der Waals surface area contributed by atoms with Gasteiger partial charge in [-0.25, -0.2) is 4.98 Å². The van der Waals surface area contributed by atoms with Crippen molar-refractivity contribution in [1.82, 2.24) is 14.9 Å². The second kappa shape index (κ2) is 6.69. The molecule has 156 valence electrons. The van der Waals surface area contributed by atoms with E-state index >= 15 is 0 Å². The van der Waals surface area contributed by atoms with Gasteiger partial charge in [-0.2, -0.15) is 0 Å². The fourth-order valence-corrected chi connectivity index (χ4v) is 5.78. The molecule has 0 radical (unpaired) electrons. The number of benzene rings is 1. The van der Waals surface area contributed by atoms with Gasteiger partial charge in [-0.15, -0.1) is 0 Å². The lowest BCUT2D eigenvalue weighted by Crippen LogP contribution is -2.48. The molecular formula is C24H28N4O2. The molecule has 1 aromatic carbocycles. The summed E-state index contributed by atoms with van der Waals surface area (Å²) < 4.78 is 0. The first kappa shape index (κ1) is 18.2. The molecule has 2 fully saturated rings. The van der Waals surface area contributed by atoms with Crippen LogP contribution in [0.3, 0.4) is 0 Å². The minimum atomic E-state index is -0.163. The zero-order chi connectivity index (χ0) is 20.3. The van der Waals surface area contributed by atoms with Crippen LogP contribution in [0.25, 0.3) is 0 Å². The van der Waals surface area contributed by atoms with Crippen LogP contribution in [-0.2, 0) is 18.3 Å². The first-order chi connectivity index (χ1) is 14.6. The zero-order valence-electron chi connectivity index (χ0n) is 17.3. The fraction of sp³-hybridized carbons (Fsp3) is 0.542. The van der Waals surface area contributed by atoms with Crippen LogP contribution in [0.4, 0.5) is 5.69 Å². The topological polar surface area (TPSA) is 78.1 Å². The van der Waals surface area contributed by atoms with Crippen molar-refractivity contribution in [3.05, 3.63) is 56.8 Å². The Hall–Kier alpha value is -2.63. The number of carbonyl (C=O) groups excluding carboxylic acids is 1. The van der Waals surface area contributed by atoms with E-state index in [0.717, 1.165) is 92.8 Å². The maximum Gasteiger partial charge on any atom is 0.255 e. The van der Waals surface area contributed by atoms with Gasteiger partial charge in [0.1, 0.15) is 5.82 Å². The van der Waals surface area contributed by atoms with Crippen molar-refractivity contribution in [3.63, 3.8) is 0 Å². The molecule has 1 saturated carbocycles. The van der Waals surface area contributed by atoms with Crippen molar-refractivity contribution >= 4 is 11.6 Å². The second-order valence-electron chi connectivity index (χ2n) is 9.53. The third-order valence-corrected chi connectivity index (χ3v) is 7.52. The van der Waals surface area contributed by atoms with E-state index in [-0.39, 0.29) is 16.9 Å². The summed E-state index contributed by atoms with van der Waals surface area (Å²) >= 11 is 0. The molecule has 3 heterocycles. The van der Waals surface area contributed by atoms with E-state index in [9.17, 15) is 9.59 Å². The number of anilines is 1. The number of aryl methyl sites for hydroxylation is 1. The van der Waals surface area contributed by atoms with E-state index in [1.807, 2.05) is 17.0 Å². The van der Waals surface area contributed by atoms with Gasteiger partial charge in [-0.3, -0.25) is 9.59 Å². The van der Waals surface area contributed by atoms with Gasteiger partial charge in [0.15, 0.2) is 0 Å². The first-order valence-electron chi connectivity index (χ1n) is 11.4. The molecule has 1 unspecified atom stereocenters. The van der Waals surface area contributed by atoms with Crippen LogP contribution in [0.2, 0.25) is 0 Å². The molecule has 2 aliphatic carbocycles. The molecule has 1 amide bonds. The van der Waals surface area contributed by atoms with Crippen LogP contribution in [-0.4, -0.2) is 40.4 Å². The van der Waals surface area contributed by atoms with Gasteiger partial charge in [0.05, 0.1) is 16.9 Å². The fourth-order valence-electron chi connectivity index (χ4n) is 5.78. The van der Waals surface area contributed by atoms with Crippen molar-refractivity contribution < 1.29 is 4.79 Å². The minimum absolute atomic E-state index is 0.0450. The highest BCUT2D eigenvalue weighted by Crippen LogP contribution is 2.45. The lowest BCUT2D eigenvalue weighted by Gasteiger charge is -2.41. The largest absolute Gasteiger partial charge is 0.384 e. The van der Waals surface area contributed by atoms with E-state index in [2.05, 4.69) is 16.4 Å². The molecule has 6 nitrogen and oxygen atoms in total. The van der Waals surface area contributed by atoms with Crippen LogP contribution >= 0.6 is 0 Å². The summed E-state index contributed by atoms with van der Waals surface area (Å²) in [6.07, 6.45) is 8.02. The number of fused-ring (bicyclic) bond motifs is 3. The summed E-state index contributed by atoms with van der Waals surface area (Å²) in [7, 11) is 0. The average molecular weight is 405 g/mol. The molecule has 2 aliphatic heterocycles. The molecule has 1 atom stereocenters. The first-order valence-corrected chi connectivity index (χ1v) is 11.4. The van der Waals surface area contributed by atoms with Gasteiger partial charge in [-0.05, 0) is 63.0 Å². The summed E-state index contributed by atoms with van der Waals surface area (Å²) in [5.41, 5.74) is 4.77.